The van der Waals surface area contributed by atoms with Crippen LogP contribution in [0.4, 0.5) is 0 Å². The van der Waals surface area contributed by atoms with E-state index in [-0.39, 0.29) is 18.2 Å². The summed E-state index contributed by atoms with van der Waals surface area (Å²) in [5, 5.41) is 2.27. The van der Waals surface area contributed by atoms with E-state index >= 15 is 0 Å². The number of likely N-dealkylation sites (tertiary alicyclic amines) is 1. The number of ketones is 1. The zero-order valence-corrected chi connectivity index (χ0v) is 17.5. The molecule has 0 aliphatic carbocycles. The molecule has 4 rings (SSSR count). The molecule has 156 valence electrons. The van der Waals surface area contributed by atoms with Crippen molar-refractivity contribution in [2.75, 3.05) is 33.8 Å². The molecule has 1 saturated heterocycles. The molecule has 0 unspecified atom stereocenters. The Balaban J connectivity index is 1.38. The first-order valence-corrected chi connectivity index (χ1v) is 10.3. The average molecular weight is 405 g/mol. The summed E-state index contributed by atoms with van der Waals surface area (Å²) >= 11 is 0. The minimum absolute atomic E-state index is 0.000234. The molecule has 1 aliphatic rings. The second kappa shape index (κ2) is 8.71. The van der Waals surface area contributed by atoms with Crippen molar-refractivity contribution in [1.82, 2.24) is 14.8 Å². The van der Waals surface area contributed by atoms with Gasteiger partial charge in [0.25, 0.3) is 5.91 Å². The molecule has 6 nitrogen and oxygen atoms in total. The van der Waals surface area contributed by atoms with E-state index < -0.39 is 0 Å². The number of fused-ring (bicyclic) bond motifs is 1. The largest absolute Gasteiger partial charge is 0.497 e. The maximum Gasteiger partial charge on any atom is 0.270 e. The molecule has 1 fully saturated rings. The summed E-state index contributed by atoms with van der Waals surface area (Å²) in [5.41, 5.74) is 2.18. The predicted molar refractivity (Wildman–Crippen MR) is 117 cm³/mol. The Morgan fingerprint density at radius 1 is 1.07 bits per heavy atom. The molecule has 1 aromatic heterocycles. The molecular weight excluding hydrogens is 378 g/mol. The van der Waals surface area contributed by atoms with E-state index in [0.717, 1.165) is 48.0 Å². The van der Waals surface area contributed by atoms with Crippen molar-refractivity contribution in [2.45, 2.75) is 19.4 Å². The highest BCUT2D eigenvalue weighted by atomic mass is 16.5. The van der Waals surface area contributed by atoms with Crippen molar-refractivity contribution in [3.05, 3.63) is 65.5 Å². The van der Waals surface area contributed by atoms with Crippen LogP contribution in [-0.2, 0) is 6.54 Å². The van der Waals surface area contributed by atoms with Crippen molar-refractivity contribution < 1.29 is 14.3 Å². The van der Waals surface area contributed by atoms with Crippen LogP contribution in [-0.4, -0.2) is 60.3 Å². The van der Waals surface area contributed by atoms with E-state index in [1.165, 1.54) is 0 Å². The number of methoxy groups -OCH3 is 1. The van der Waals surface area contributed by atoms with Crippen molar-refractivity contribution in [3.63, 3.8) is 0 Å². The Labute approximate surface area is 176 Å². The van der Waals surface area contributed by atoms with E-state index in [1.54, 1.807) is 19.4 Å². The molecule has 1 aliphatic heterocycles. The lowest BCUT2D eigenvalue weighted by Gasteiger charge is -2.16. The van der Waals surface area contributed by atoms with Gasteiger partial charge in [0.2, 0.25) is 0 Å². The number of benzene rings is 2. The molecule has 30 heavy (non-hydrogen) atoms. The number of amides is 1. The number of nitrogens with one attached hydrogen (secondary N) is 1. The number of aromatic amines is 1. The maximum absolute atomic E-state index is 12.7. The minimum atomic E-state index is -0.0206. The highest BCUT2D eigenvalue weighted by Gasteiger charge is 2.22. The highest BCUT2D eigenvalue weighted by Crippen LogP contribution is 2.22. The Morgan fingerprint density at radius 2 is 1.80 bits per heavy atom. The van der Waals surface area contributed by atoms with Gasteiger partial charge in [0.15, 0.2) is 5.78 Å². The fourth-order valence-corrected chi connectivity index (χ4v) is 3.97. The van der Waals surface area contributed by atoms with E-state index in [0.29, 0.717) is 17.8 Å². The lowest BCUT2D eigenvalue weighted by Crippen LogP contribution is -2.28. The Bertz CT molecular complexity index is 1070. The van der Waals surface area contributed by atoms with Gasteiger partial charge in [0, 0.05) is 31.4 Å². The van der Waals surface area contributed by atoms with Crippen molar-refractivity contribution in [1.29, 1.82) is 0 Å². The first-order valence-electron chi connectivity index (χ1n) is 10.3. The SMILES string of the molecule is COc1ccc2cc(CN(C)CC(=O)c3c[nH]c(C(=O)N4CCCC4)c3)ccc2c1. The van der Waals surface area contributed by atoms with Crippen LogP contribution < -0.4 is 4.74 Å². The average Bonchev–Trinajstić information content (AvgIpc) is 3.45. The molecule has 0 saturated carbocycles. The molecule has 6 heteroatoms. The summed E-state index contributed by atoms with van der Waals surface area (Å²) in [6.45, 7) is 2.54. The monoisotopic (exact) mass is 405 g/mol. The van der Waals surface area contributed by atoms with E-state index in [9.17, 15) is 9.59 Å². The van der Waals surface area contributed by atoms with Crippen LogP contribution in [0.5, 0.6) is 5.75 Å². The summed E-state index contributed by atoms with van der Waals surface area (Å²) in [5.74, 6) is 0.819. The third-order valence-corrected chi connectivity index (χ3v) is 5.61. The smallest absolute Gasteiger partial charge is 0.270 e. The normalized spacial score (nSPS) is 13.9. The number of ether oxygens (including phenoxy) is 1. The number of aromatic nitrogens is 1. The molecule has 2 heterocycles. The molecule has 0 bridgehead atoms. The van der Waals surface area contributed by atoms with Crippen LogP contribution in [0.25, 0.3) is 10.8 Å². The van der Waals surface area contributed by atoms with Gasteiger partial charge in [0.1, 0.15) is 11.4 Å². The summed E-state index contributed by atoms with van der Waals surface area (Å²) in [6, 6.07) is 14.0. The summed E-state index contributed by atoms with van der Waals surface area (Å²) in [4.78, 5) is 31.9. The standard InChI is InChI=1S/C24H27N3O3/c1-26(15-17-5-6-19-12-21(30-2)8-7-18(19)11-17)16-23(28)20-13-22(25-14-20)24(29)27-9-3-4-10-27/h5-8,11-14,25H,3-4,9-10,15-16H2,1-2H3. The number of rotatable bonds is 7. The van der Waals surface area contributed by atoms with Crippen molar-refractivity contribution >= 4 is 22.5 Å². The summed E-state index contributed by atoms with van der Waals surface area (Å²) in [6.07, 6.45) is 3.74. The first kappa shape index (κ1) is 20.2. The fraction of sp³-hybridized carbons (Fsp3) is 0.333. The van der Waals surface area contributed by atoms with Crippen LogP contribution >= 0.6 is 0 Å². The maximum atomic E-state index is 12.7. The number of H-pyrrole nitrogens is 1. The van der Waals surface area contributed by atoms with E-state index in [2.05, 4.69) is 23.2 Å². The summed E-state index contributed by atoms with van der Waals surface area (Å²) < 4.78 is 5.28. The topological polar surface area (TPSA) is 65.6 Å². The van der Waals surface area contributed by atoms with Gasteiger partial charge in [-0.1, -0.05) is 18.2 Å². The number of hydrogen-bond acceptors (Lipinski definition) is 4. The van der Waals surface area contributed by atoms with Gasteiger partial charge in [-0.05, 0) is 60.5 Å². The van der Waals surface area contributed by atoms with Gasteiger partial charge in [-0.25, -0.2) is 0 Å². The van der Waals surface area contributed by atoms with Crippen molar-refractivity contribution in [2.24, 2.45) is 0 Å². The van der Waals surface area contributed by atoms with Gasteiger partial charge >= 0.3 is 0 Å². The van der Waals surface area contributed by atoms with Crippen LogP contribution in [0, 0.1) is 0 Å². The zero-order chi connectivity index (χ0) is 21.1. The summed E-state index contributed by atoms with van der Waals surface area (Å²) in [7, 11) is 3.59. The molecule has 1 N–H and O–H groups in total. The van der Waals surface area contributed by atoms with Gasteiger partial charge in [-0.15, -0.1) is 0 Å². The number of hydrogen-bond donors (Lipinski definition) is 1. The van der Waals surface area contributed by atoms with Crippen LogP contribution in [0.15, 0.2) is 48.7 Å². The highest BCUT2D eigenvalue weighted by molar-refractivity contribution is 6.01. The van der Waals surface area contributed by atoms with Gasteiger partial charge in [-0.3, -0.25) is 14.5 Å². The number of carbonyl (C=O) groups excluding carboxylic acids is 2. The Morgan fingerprint density at radius 3 is 2.57 bits per heavy atom. The molecule has 0 atom stereocenters. The molecule has 0 radical (unpaired) electrons. The van der Waals surface area contributed by atoms with Crippen molar-refractivity contribution in [3.8, 4) is 5.75 Å². The zero-order valence-electron chi connectivity index (χ0n) is 17.5. The molecule has 1 amide bonds. The van der Waals surface area contributed by atoms with Crippen LogP contribution in [0.1, 0.15) is 39.3 Å². The molecule has 3 aromatic rings. The Kier molecular flexibility index (Phi) is 5.86. The molecular formula is C24H27N3O3. The lowest BCUT2D eigenvalue weighted by atomic mass is 10.1. The quantitative estimate of drug-likeness (QED) is 0.609. The number of likely N-dealkylation sites (N-methyl/N-ethyl adjacent to an activating group) is 1. The van der Waals surface area contributed by atoms with E-state index in [4.69, 9.17) is 4.74 Å². The third kappa shape index (κ3) is 4.39. The van der Waals surface area contributed by atoms with E-state index in [1.807, 2.05) is 35.0 Å². The molecule has 2 aromatic carbocycles. The van der Waals surface area contributed by atoms with Crippen LogP contribution in [0.3, 0.4) is 0 Å². The fourth-order valence-electron chi connectivity index (χ4n) is 3.97. The number of nitrogens with zero attached hydrogens (tertiary/aromatic N) is 2. The second-order valence-corrected chi connectivity index (χ2v) is 7.94. The predicted octanol–water partition coefficient (Wildman–Crippen LogP) is 3.73. The molecule has 0 spiro atoms. The second-order valence-electron chi connectivity index (χ2n) is 7.94. The number of carbonyl (C=O) groups is 2. The minimum Gasteiger partial charge on any atom is -0.497 e. The Hall–Kier alpha value is -3.12. The lowest BCUT2D eigenvalue weighted by molar-refractivity contribution is 0.0787. The number of Topliss-reactive ketones (excluding diaryl/α,β-unsaturated/α-hetero) is 1. The van der Waals surface area contributed by atoms with Crippen LogP contribution in [0.2, 0.25) is 0 Å². The van der Waals surface area contributed by atoms with Gasteiger partial charge in [0.05, 0.1) is 13.7 Å². The first-order chi connectivity index (χ1) is 14.5. The third-order valence-electron chi connectivity index (χ3n) is 5.61. The van der Waals surface area contributed by atoms with Gasteiger partial charge < -0.3 is 14.6 Å². The van der Waals surface area contributed by atoms with Gasteiger partial charge in [-0.2, -0.15) is 0 Å².